The monoisotopic (exact) mass is 328 g/mol. The van der Waals surface area contributed by atoms with Gasteiger partial charge in [-0.15, -0.1) is 0 Å². The van der Waals surface area contributed by atoms with E-state index >= 15 is 0 Å². The Balaban J connectivity index is 1.55. The molecular weight excluding hydrogens is 304 g/mol. The van der Waals surface area contributed by atoms with Gasteiger partial charge >= 0.3 is 5.63 Å². The van der Waals surface area contributed by atoms with Crippen LogP contribution in [0.4, 0.5) is 0 Å². The van der Waals surface area contributed by atoms with Crippen LogP contribution in [0.25, 0.3) is 11.0 Å². The molecule has 0 saturated carbocycles. The predicted molar refractivity (Wildman–Crippen MR) is 94.3 cm³/mol. The summed E-state index contributed by atoms with van der Waals surface area (Å²) >= 11 is 0. The van der Waals surface area contributed by atoms with Crippen LogP contribution >= 0.6 is 0 Å². The molecule has 2 aromatic rings. The molecule has 1 N–H and O–H groups in total. The first-order valence-electron chi connectivity index (χ1n) is 8.70. The SMILES string of the molecule is CC1CCCCN1CCCNC(=O)c1cc2ccccc2oc1=O. The van der Waals surface area contributed by atoms with E-state index < -0.39 is 5.63 Å². The van der Waals surface area contributed by atoms with Crippen molar-refractivity contribution in [2.45, 2.75) is 38.6 Å². The van der Waals surface area contributed by atoms with Gasteiger partial charge in [-0.3, -0.25) is 4.79 Å². The van der Waals surface area contributed by atoms with Gasteiger partial charge in [-0.2, -0.15) is 0 Å². The van der Waals surface area contributed by atoms with Crippen LogP contribution in [0.2, 0.25) is 0 Å². The summed E-state index contributed by atoms with van der Waals surface area (Å²) < 4.78 is 5.20. The number of rotatable bonds is 5. The summed E-state index contributed by atoms with van der Waals surface area (Å²) in [6.07, 6.45) is 4.71. The molecule has 3 rings (SSSR count). The van der Waals surface area contributed by atoms with Gasteiger partial charge in [-0.05, 0) is 44.9 Å². The zero-order valence-corrected chi connectivity index (χ0v) is 14.1. The minimum absolute atomic E-state index is 0.0695. The normalized spacial score (nSPS) is 18.6. The molecule has 0 aliphatic carbocycles. The van der Waals surface area contributed by atoms with Crippen LogP contribution in [0.3, 0.4) is 0 Å². The molecule has 2 heterocycles. The lowest BCUT2D eigenvalue weighted by Gasteiger charge is -2.33. The first kappa shape index (κ1) is 16.7. The van der Waals surface area contributed by atoms with Gasteiger partial charge in [0, 0.05) is 24.5 Å². The number of nitrogens with one attached hydrogen (secondary N) is 1. The summed E-state index contributed by atoms with van der Waals surface area (Å²) in [5.41, 5.74) is -0.0194. The number of carbonyl (C=O) groups excluding carboxylic acids is 1. The lowest BCUT2D eigenvalue weighted by molar-refractivity contribution is 0.0945. The first-order chi connectivity index (χ1) is 11.6. The Morgan fingerprint density at radius 1 is 1.33 bits per heavy atom. The molecule has 24 heavy (non-hydrogen) atoms. The number of nitrogens with zero attached hydrogens (tertiary/aromatic N) is 1. The summed E-state index contributed by atoms with van der Waals surface area (Å²) in [4.78, 5) is 26.7. The van der Waals surface area contributed by atoms with E-state index in [4.69, 9.17) is 4.42 Å². The molecule has 1 unspecified atom stereocenters. The number of benzene rings is 1. The average Bonchev–Trinajstić information content (AvgIpc) is 2.59. The number of fused-ring (bicyclic) bond motifs is 1. The standard InChI is InChI=1S/C19H24N2O3/c1-14-7-4-5-11-21(14)12-6-10-20-18(22)16-13-15-8-2-3-9-17(15)24-19(16)23/h2-3,8-9,13-14H,4-7,10-12H2,1H3,(H,20,22). The number of amides is 1. The number of likely N-dealkylation sites (tertiary alicyclic amines) is 1. The van der Waals surface area contributed by atoms with Crippen LogP contribution in [-0.2, 0) is 0 Å². The Kier molecular flexibility index (Phi) is 5.30. The van der Waals surface area contributed by atoms with Gasteiger partial charge in [-0.1, -0.05) is 24.6 Å². The zero-order valence-electron chi connectivity index (χ0n) is 14.1. The van der Waals surface area contributed by atoms with Crippen molar-refractivity contribution in [2.75, 3.05) is 19.6 Å². The molecule has 0 bridgehead atoms. The zero-order chi connectivity index (χ0) is 16.9. The Morgan fingerprint density at radius 2 is 2.17 bits per heavy atom. The van der Waals surface area contributed by atoms with Crippen LogP contribution in [0.15, 0.2) is 39.5 Å². The molecule has 1 atom stereocenters. The van der Waals surface area contributed by atoms with Gasteiger partial charge in [0.15, 0.2) is 0 Å². The highest BCUT2D eigenvalue weighted by atomic mass is 16.4. The Labute approximate surface area is 141 Å². The highest BCUT2D eigenvalue weighted by Gasteiger charge is 2.18. The summed E-state index contributed by atoms with van der Waals surface area (Å²) in [5.74, 6) is -0.360. The van der Waals surface area contributed by atoms with E-state index in [0.29, 0.717) is 18.2 Å². The largest absolute Gasteiger partial charge is 0.422 e. The van der Waals surface area contributed by atoms with E-state index in [9.17, 15) is 9.59 Å². The van der Waals surface area contributed by atoms with Gasteiger partial charge < -0.3 is 14.6 Å². The molecule has 1 saturated heterocycles. The molecule has 1 aromatic heterocycles. The highest BCUT2D eigenvalue weighted by Crippen LogP contribution is 2.16. The molecule has 0 radical (unpaired) electrons. The van der Waals surface area contributed by atoms with Crippen LogP contribution in [0.5, 0.6) is 0 Å². The number of hydrogen-bond donors (Lipinski definition) is 1. The minimum Gasteiger partial charge on any atom is -0.422 e. The van der Waals surface area contributed by atoms with Crippen molar-refractivity contribution in [3.05, 3.63) is 46.3 Å². The lowest BCUT2D eigenvalue weighted by Crippen LogP contribution is -2.39. The quantitative estimate of drug-likeness (QED) is 0.677. The van der Waals surface area contributed by atoms with E-state index in [1.165, 1.54) is 19.3 Å². The van der Waals surface area contributed by atoms with Crippen LogP contribution in [0, 0.1) is 0 Å². The molecule has 1 amide bonds. The summed E-state index contributed by atoms with van der Waals surface area (Å²) in [6.45, 7) is 4.95. The molecule has 5 heteroatoms. The number of carbonyl (C=O) groups is 1. The maximum Gasteiger partial charge on any atom is 0.349 e. The van der Waals surface area contributed by atoms with Crippen molar-refractivity contribution < 1.29 is 9.21 Å². The molecule has 1 aliphatic rings. The van der Waals surface area contributed by atoms with E-state index in [-0.39, 0.29) is 11.5 Å². The van der Waals surface area contributed by atoms with Crippen molar-refractivity contribution in [1.82, 2.24) is 10.2 Å². The summed E-state index contributed by atoms with van der Waals surface area (Å²) in [7, 11) is 0. The molecule has 1 aromatic carbocycles. The van der Waals surface area contributed by atoms with Gasteiger partial charge in [0.05, 0.1) is 0 Å². The van der Waals surface area contributed by atoms with Crippen LogP contribution in [0.1, 0.15) is 43.0 Å². The maximum absolute atomic E-state index is 12.2. The van der Waals surface area contributed by atoms with E-state index in [1.54, 1.807) is 18.2 Å². The van der Waals surface area contributed by atoms with Gasteiger partial charge in [-0.25, -0.2) is 4.79 Å². The number of piperidine rings is 1. The topological polar surface area (TPSA) is 62.6 Å². The van der Waals surface area contributed by atoms with Gasteiger partial charge in [0.2, 0.25) is 0 Å². The number of para-hydroxylation sites is 1. The fraction of sp³-hybridized carbons (Fsp3) is 0.474. The molecule has 0 spiro atoms. The molecule has 1 fully saturated rings. The van der Waals surface area contributed by atoms with E-state index in [2.05, 4.69) is 17.1 Å². The Bertz CT molecular complexity index is 769. The number of hydrogen-bond acceptors (Lipinski definition) is 4. The Morgan fingerprint density at radius 3 is 3.00 bits per heavy atom. The second-order valence-electron chi connectivity index (χ2n) is 6.48. The smallest absolute Gasteiger partial charge is 0.349 e. The third-order valence-electron chi connectivity index (χ3n) is 4.73. The van der Waals surface area contributed by atoms with Gasteiger partial charge in [0.25, 0.3) is 5.91 Å². The third-order valence-corrected chi connectivity index (χ3v) is 4.73. The molecular formula is C19H24N2O3. The van der Waals surface area contributed by atoms with Crippen molar-refractivity contribution in [3.8, 4) is 0 Å². The van der Waals surface area contributed by atoms with Crippen molar-refractivity contribution in [3.63, 3.8) is 0 Å². The van der Waals surface area contributed by atoms with Crippen molar-refractivity contribution in [2.24, 2.45) is 0 Å². The second kappa shape index (κ2) is 7.62. The third kappa shape index (κ3) is 3.85. The van der Waals surface area contributed by atoms with Crippen LogP contribution < -0.4 is 10.9 Å². The predicted octanol–water partition coefficient (Wildman–Crippen LogP) is 2.79. The Hall–Kier alpha value is -2.14. The second-order valence-corrected chi connectivity index (χ2v) is 6.48. The summed E-state index contributed by atoms with van der Waals surface area (Å²) in [6, 6.07) is 9.42. The van der Waals surface area contributed by atoms with Crippen molar-refractivity contribution >= 4 is 16.9 Å². The molecule has 1 aliphatic heterocycles. The fourth-order valence-electron chi connectivity index (χ4n) is 3.29. The van der Waals surface area contributed by atoms with Gasteiger partial charge in [0.1, 0.15) is 11.1 Å². The van der Waals surface area contributed by atoms with Crippen molar-refractivity contribution in [1.29, 1.82) is 0 Å². The first-order valence-corrected chi connectivity index (χ1v) is 8.70. The lowest BCUT2D eigenvalue weighted by atomic mass is 10.0. The highest BCUT2D eigenvalue weighted by molar-refractivity contribution is 5.96. The van der Waals surface area contributed by atoms with E-state index in [1.807, 2.05) is 12.1 Å². The van der Waals surface area contributed by atoms with E-state index in [0.717, 1.165) is 24.9 Å². The summed E-state index contributed by atoms with van der Waals surface area (Å²) in [5, 5.41) is 3.59. The average molecular weight is 328 g/mol. The molecule has 128 valence electrons. The van der Waals surface area contributed by atoms with Crippen LogP contribution in [-0.4, -0.2) is 36.5 Å². The minimum atomic E-state index is -0.587. The molecule has 5 nitrogen and oxygen atoms in total. The maximum atomic E-state index is 12.2. The fourth-order valence-corrected chi connectivity index (χ4v) is 3.29.